The Morgan fingerprint density at radius 2 is 0.979 bits per heavy atom. The number of fused-ring (bicyclic) bond motifs is 9. The number of rotatable bonds is 4. The molecule has 0 spiro atoms. The topological polar surface area (TPSA) is 43.6 Å². The number of aromatic nitrogens is 4. The monoisotopic (exact) mass is 630 g/mol. The molecule has 7 aromatic carbocycles. The van der Waals surface area contributed by atoms with Gasteiger partial charge in [0, 0.05) is 48.6 Å². The fourth-order valence-electron chi connectivity index (χ4n) is 7.01. The van der Waals surface area contributed by atoms with Crippen molar-refractivity contribution in [2.45, 2.75) is 0 Å². The van der Waals surface area contributed by atoms with Crippen LogP contribution in [0.1, 0.15) is 0 Å². The first-order valence-corrected chi connectivity index (χ1v) is 16.9. The second-order valence-corrected chi connectivity index (χ2v) is 13.1. The maximum absolute atomic E-state index is 4.96. The lowest BCUT2D eigenvalue weighted by Crippen LogP contribution is -2.00. The molecule has 0 unspecified atom stereocenters. The van der Waals surface area contributed by atoms with E-state index in [1.165, 1.54) is 52.8 Å². The zero-order chi connectivity index (χ0) is 31.6. The van der Waals surface area contributed by atoms with Crippen molar-refractivity contribution in [1.29, 1.82) is 0 Å². The van der Waals surface area contributed by atoms with E-state index in [1.807, 2.05) is 72.0 Å². The van der Waals surface area contributed by atoms with E-state index in [0.29, 0.717) is 17.5 Å². The van der Waals surface area contributed by atoms with Gasteiger partial charge in [-0.1, -0.05) is 121 Å². The number of nitrogens with zero attached hydrogens (tertiary/aromatic N) is 4. The van der Waals surface area contributed by atoms with Crippen LogP contribution in [0.4, 0.5) is 0 Å². The third kappa shape index (κ3) is 4.18. The third-order valence-electron chi connectivity index (χ3n) is 9.24. The van der Waals surface area contributed by atoms with Crippen molar-refractivity contribution in [2.75, 3.05) is 0 Å². The van der Waals surface area contributed by atoms with E-state index in [2.05, 4.69) is 102 Å². The van der Waals surface area contributed by atoms with E-state index in [9.17, 15) is 0 Å². The zero-order valence-corrected chi connectivity index (χ0v) is 26.5. The van der Waals surface area contributed by atoms with Crippen molar-refractivity contribution in [2.24, 2.45) is 0 Å². The number of hydrogen-bond donors (Lipinski definition) is 0. The van der Waals surface area contributed by atoms with Crippen molar-refractivity contribution >= 4 is 64.1 Å². The standard InChI is InChI=1S/C43H26N4S/c1-3-12-28(13-4-1)41-44-42(29-14-5-2-6-15-29)46-43(45-41)30-19-22-31(23-20-30)47-36-26-21-27-11-7-8-16-32(27)38(36)35-25-24-34-33-17-9-10-18-37(33)48-40(34)39(35)47/h1-26H. The van der Waals surface area contributed by atoms with Crippen molar-refractivity contribution < 1.29 is 0 Å². The van der Waals surface area contributed by atoms with Crippen molar-refractivity contribution in [3.63, 3.8) is 0 Å². The molecule has 0 bridgehead atoms. The van der Waals surface area contributed by atoms with E-state index in [4.69, 9.17) is 15.0 Å². The molecular formula is C43H26N4S. The molecule has 0 amide bonds. The lowest BCUT2D eigenvalue weighted by molar-refractivity contribution is 1.07. The van der Waals surface area contributed by atoms with E-state index in [1.54, 1.807) is 0 Å². The van der Waals surface area contributed by atoms with Gasteiger partial charge in [-0.3, -0.25) is 0 Å². The highest BCUT2D eigenvalue weighted by atomic mass is 32.1. The normalized spacial score (nSPS) is 11.8. The summed E-state index contributed by atoms with van der Waals surface area (Å²) < 4.78 is 5.04. The highest BCUT2D eigenvalue weighted by Gasteiger charge is 2.20. The Morgan fingerprint density at radius 3 is 1.67 bits per heavy atom. The first-order valence-electron chi connectivity index (χ1n) is 16.0. The third-order valence-corrected chi connectivity index (χ3v) is 10.4. The summed E-state index contributed by atoms with van der Waals surface area (Å²) in [5.74, 6) is 1.96. The van der Waals surface area contributed by atoms with Crippen LogP contribution in [0.3, 0.4) is 0 Å². The average molecular weight is 631 g/mol. The Kier molecular flexibility index (Phi) is 6.01. The Labute approximate surface area is 280 Å². The van der Waals surface area contributed by atoms with Gasteiger partial charge in [-0.25, -0.2) is 15.0 Å². The Morgan fingerprint density at radius 1 is 0.417 bits per heavy atom. The molecule has 48 heavy (non-hydrogen) atoms. The van der Waals surface area contributed by atoms with Gasteiger partial charge in [-0.15, -0.1) is 11.3 Å². The summed E-state index contributed by atoms with van der Waals surface area (Å²) in [6.45, 7) is 0. The molecule has 4 nitrogen and oxygen atoms in total. The van der Waals surface area contributed by atoms with Gasteiger partial charge < -0.3 is 4.57 Å². The van der Waals surface area contributed by atoms with E-state index in [-0.39, 0.29) is 0 Å². The van der Waals surface area contributed by atoms with Gasteiger partial charge in [0.1, 0.15) is 0 Å². The molecule has 224 valence electrons. The SMILES string of the molecule is c1ccc(-c2nc(-c3ccccc3)nc(-c3ccc(-n4c5ccc6ccccc6c5c5ccc6c7ccccc7sc6c54)cc3)n2)cc1. The van der Waals surface area contributed by atoms with Crippen molar-refractivity contribution in [3.05, 3.63) is 158 Å². The maximum Gasteiger partial charge on any atom is 0.164 e. The maximum atomic E-state index is 4.96. The quantitative estimate of drug-likeness (QED) is 0.194. The molecule has 3 aromatic heterocycles. The number of thiophene rings is 1. The number of benzene rings is 7. The molecule has 0 saturated carbocycles. The second kappa shape index (κ2) is 10.7. The average Bonchev–Trinajstić information content (AvgIpc) is 3.72. The molecule has 0 aliphatic carbocycles. The Hall–Kier alpha value is -6.17. The fraction of sp³-hybridized carbons (Fsp3) is 0. The molecule has 0 N–H and O–H groups in total. The minimum atomic E-state index is 0.648. The van der Waals surface area contributed by atoms with E-state index < -0.39 is 0 Å². The summed E-state index contributed by atoms with van der Waals surface area (Å²) >= 11 is 1.87. The molecule has 0 saturated heterocycles. The van der Waals surface area contributed by atoms with Crippen LogP contribution in [0.2, 0.25) is 0 Å². The first-order chi connectivity index (χ1) is 23.8. The van der Waals surface area contributed by atoms with Crippen LogP contribution in [0.15, 0.2) is 158 Å². The van der Waals surface area contributed by atoms with E-state index in [0.717, 1.165) is 22.4 Å². The van der Waals surface area contributed by atoms with Crippen LogP contribution in [0, 0.1) is 0 Å². The molecule has 0 fully saturated rings. The van der Waals surface area contributed by atoms with Gasteiger partial charge in [0.05, 0.1) is 15.7 Å². The lowest BCUT2D eigenvalue weighted by Gasteiger charge is -2.11. The number of hydrogen-bond acceptors (Lipinski definition) is 4. The highest BCUT2D eigenvalue weighted by Crippen LogP contribution is 2.44. The zero-order valence-electron chi connectivity index (χ0n) is 25.7. The summed E-state index contributed by atoms with van der Waals surface area (Å²) in [5.41, 5.74) is 6.39. The van der Waals surface area contributed by atoms with Crippen LogP contribution in [-0.2, 0) is 0 Å². The Bertz CT molecular complexity index is 2760. The molecule has 0 aliphatic rings. The molecular weight excluding hydrogens is 605 g/mol. The van der Waals surface area contributed by atoms with Crippen LogP contribution >= 0.6 is 11.3 Å². The van der Waals surface area contributed by atoms with Gasteiger partial charge in [-0.05, 0) is 47.2 Å². The summed E-state index contributed by atoms with van der Waals surface area (Å²) in [6, 6.07) is 55.5. The molecule has 3 heterocycles. The minimum Gasteiger partial charge on any atom is -0.308 e. The van der Waals surface area contributed by atoms with Gasteiger partial charge in [0.15, 0.2) is 17.5 Å². The van der Waals surface area contributed by atoms with Crippen LogP contribution in [0.5, 0.6) is 0 Å². The second-order valence-electron chi connectivity index (χ2n) is 12.0. The van der Waals surface area contributed by atoms with Gasteiger partial charge in [0.2, 0.25) is 0 Å². The molecule has 0 radical (unpaired) electrons. The predicted molar refractivity (Wildman–Crippen MR) is 201 cm³/mol. The van der Waals surface area contributed by atoms with Gasteiger partial charge in [-0.2, -0.15) is 0 Å². The van der Waals surface area contributed by atoms with E-state index >= 15 is 0 Å². The summed E-state index contributed by atoms with van der Waals surface area (Å²) in [5, 5.41) is 7.65. The van der Waals surface area contributed by atoms with Crippen LogP contribution in [0.25, 0.3) is 92.6 Å². The molecule has 10 rings (SSSR count). The molecule has 5 heteroatoms. The fourth-order valence-corrected chi connectivity index (χ4v) is 8.25. The molecule has 10 aromatic rings. The van der Waals surface area contributed by atoms with Crippen LogP contribution < -0.4 is 0 Å². The first kappa shape index (κ1) is 27.0. The van der Waals surface area contributed by atoms with Crippen molar-refractivity contribution in [3.8, 4) is 39.9 Å². The summed E-state index contributed by atoms with van der Waals surface area (Å²) in [6.07, 6.45) is 0. The highest BCUT2D eigenvalue weighted by molar-refractivity contribution is 7.26. The largest absolute Gasteiger partial charge is 0.308 e. The van der Waals surface area contributed by atoms with Gasteiger partial charge >= 0.3 is 0 Å². The lowest BCUT2D eigenvalue weighted by atomic mass is 10.0. The molecule has 0 atom stereocenters. The van der Waals surface area contributed by atoms with Crippen LogP contribution in [-0.4, -0.2) is 19.5 Å². The van der Waals surface area contributed by atoms with Crippen molar-refractivity contribution in [1.82, 2.24) is 19.5 Å². The summed E-state index contributed by atoms with van der Waals surface area (Å²) in [7, 11) is 0. The Balaban J connectivity index is 1.20. The minimum absolute atomic E-state index is 0.648. The summed E-state index contributed by atoms with van der Waals surface area (Å²) in [4.78, 5) is 14.8. The van der Waals surface area contributed by atoms with Gasteiger partial charge in [0.25, 0.3) is 0 Å². The predicted octanol–water partition coefficient (Wildman–Crippen LogP) is 11.5. The molecule has 0 aliphatic heterocycles. The smallest absolute Gasteiger partial charge is 0.164 e.